The molecular weight excluding hydrogens is 233 g/mol. The van der Waals surface area contributed by atoms with Crippen LogP contribution >= 0.6 is 0 Å². The van der Waals surface area contributed by atoms with Crippen molar-refractivity contribution in [1.82, 2.24) is 4.98 Å². The predicted octanol–water partition coefficient (Wildman–Crippen LogP) is 3.33. The number of aliphatic carboxylic acids is 1. The zero-order valence-corrected chi connectivity index (χ0v) is 10.5. The van der Waals surface area contributed by atoms with Crippen LogP contribution in [0.5, 0.6) is 0 Å². The molecule has 3 nitrogen and oxygen atoms in total. The topological polar surface area (TPSA) is 53.1 Å². The van der Waals surface area contributed by atoms with Gasteiger partial charge in [0.25, 0.3) is 0 Å². The summed E-state index contributed by atoms with van der Waals surface area (Å²) in [6, 6.07) is 3.43. The molecule has 2 rings (SSSR count). The first-order chi connectivity index (χ1) is 8.49. The zero-order valence-electron chi connectivity index (χ0n) is 10.5. The van der Waals surface area contributed by atoms with Crippen molar-refractivity contribution in [2.45, 2.75) is 33.1 Å². The largest absolute Gasteiger partial charge is 0.481 e. The highest BCUT2D eigenvalue weighted by molar-refractivity contribution is 5.85. The van der Waals surface area contributed by atoms with Gasteiger partial charge in [0, 0.05) is 17.5 Å². The maximum absolute atomic E-state index is 13.9. The number of nitrogens with one attached hydrogen (secondary N) is 1. The maximum Gasteiger partial charge on any atom is 0.303 e. The zero-order chi connectivity index (χ0) is 13.3. The van der Waals surface area contributed by atoms with E-state index in [2.05, 4.69) is 4.98 Å². The number of carboxylic acids is 1. The van der Waals surface area contributed by atoms with Crippen LogP contribution in [0.25, 0.3) is 10.9 Å². The molecule has 0 aliphatic heterocycles. The lowest BCUT2D eigenvalue weighted by molar-refractivity contribution is -0.137. The van der Waals surface area contributed by atoms with Crippen molar-refractivity contribution in [3.63, 3.8) is 0 Å². The third-order valence-corrected chi connectivity index (χ3v) is 3.29. The van der Waals surface area contributed by atoms with Crippen LogP contribution in [0.3, 0.4) is 0 Å². The van der Waals surface area contributed by atoms with E-state index in [-0.39, 0.29) is 12.2 Å². The van der Waals surface area contributed by atoms with Gasteiger partial charge in [0.2, 0.25) is 0 Å². The predicted molar refractivity (Wildman–Crippen MR) is 68.3 cm³/mol. The number of rotatable bonds is 4. The molecule has 2 aromatic rings. The molecule has 18 heavy (non-hydrogen) atoms. The van der Waals surface area contributed by atoms with Gasteiger partial charge in [0.15, 0.2) is 0 Å². The van der Waals surface area contributed by atoms with E-state index < -0.39 is 5.97 Å². The number of fused-ring (bicyclic) bond motifs is 1. The summed E-state index contributed by atoms with van der Waals surface area (Å²) in [5, 5.41) is 9.47. The van der Waals surface area contributed by atoms with Crippen molar-refractivity contribution in [3.05, 3.63) is 34.8 Å². The molecule has 1 aromatic heterocycles. The van der Waals surface area contributed by atoms with Gasteiger partial charge >= 0.3 is 5.97 Å². The Morgan fingerprint density at radius 2 is 2.11 bits per heavy atom. The second-order valence-corrected chi connectivity index (χ2v) is 4.62. The van der Waals surface area contributed by atoms with Crippen LogP contribution in [0, 0.1) is 19.7 Å². The van der Waals surface area contributed by atoms with Crippen LogP contribution in [0.2, 0.25) is 0 Å². The lowest BCUT2D eigenvalue weighted by atomic mass is 10.0. The molecule has 1 heterocycles. The monoisotopic (exact) mass is 249 g/mol. The number of aryl methyl sites for hydroxylation is 3. The molecule has 96 valence electrons. The van der Waals surface area contributed by atoms with Gasteiger partial charge in [-0.2, -0.15) is 0 Å². The summed E-state index contributed by atoms with van der Waals surface area (Å²) in [5.41, 5.74) is 3.39. The Morgan fingerprint density at radius 1 is 1.39 bits per heavy atom. The molecular formula is C14H16FNO2. The summed E-state index contributed by atoms with van der Waals surface area (Å²) in [4.78, 5) is 13.5. The van der Waals surface area contributed by atoms with E-state index in [0.29, 0.717) is 18.4 Å². The SMILES string of the molecule is Cc1[nH]c2c(F)cc(CCCC(=O)O)cc2c1C. The average Bonchev–Trinajstić information content (AvgIpc) is 2.57. The van der Waals surface area contributed by atoms with Crippen molar-refractivity contribution in [2.75, 3.05) is 0 Å². The Labute approximate surface area is 105 Å². The Morgan fingerprint density at radius 3 is 2.78 bits per heavy atom. The van der Waals surface area contributed by atoms with Gasteiger partial charge in [-0.3, -0.25) is 4.79 Å². The molecule has 0 amide bonds. The Bertz CT molecular complexity index is 601. The maximum atomic E-state index is 13.9. The van der Waals surface area contributed by atoms with Crippen molar-refractivity contribution < 1.29 is 14.3 Å². The summed E-state index contributed by atoms with van der Waals surface area (Å²) in [7, 11) is 0. The van der Waals surface area contributed by atoms with Gasteiger partial charge in [-0.15, -0.1) is 0 Å². The smallest absolute Gasteiger partial charge is 0.303 e. The molecule has 0 bridgehead atoms. The summed E-state index contributed by atoms with van der Waals surface area (Å²) in [5.74, 6) is -1.08. The molecule has 0 saturated heterocycles. The van der Waals surface area contributed by atoms with Crippen LogP contribution in [0.4, 0.5) is 4.39 Å². The van der Waals surface area contributed by atoms with Gasteiger partial charge in [-0.05, 0) is 49.9 Å². The van der Waals surface area contributed by atoms with Crippen molar-refractivity contribution >= 4 is 16.9 Å². The second-order valence-electron chi connectivity index (χ2n) is 4.62. The number of hydrogen-bond acceptors (Lipinski definition) is 1. The number of carboxylic acid groups (broad SMARTS) is 1. The van der Waals surface area contributed by atoms with E-state index in [1.54, 1.807) is 0 Å². The number of aromatic amines is 1. The standard InChI is InChI=1S/C14H16FNO2/c1-8-9(2)16-14-11(8)6-10(7-12(14)15)4-3-5-13(17)18/h6-7,16H,3-5H2,1-2H3,(H,17,18). The van der Waals surface area contributed by atoms with Gasteiger partial charge < -0.3 is 10.1 Å². The molecule has 0 radical (unpaired) electrons. The van der Waals surface area contributed by atoms with E-state index in [1.807, 2.05) is 19.9 Å². The number of benzene rings is 1. The summed E-state index contributed by atoms with van der Waals surface area (Å²) in [6.07, 6.45) is 1.23. The number of halogens is 1. The Hall–Kier alpha value is -1.84. The molecule has 0 fully saturated rings. The highest BCUT2D eigenvalue weighted by atomic mass is 19.1. The first-order valence-electron chi connectivity index (χ1n) is 5.98. The highest BCUT2D eigenvalue weighted by Gasteiger charge is 2.10. The third-order valence-electron chi connectivity index (χ3n) is 3.29. The minimum absolute atomic E-state index is 0.116. The molecule has 0 saturated carbocycles. The molecule has 0 unspecified atom stereocenters. The fourth-order valence-electron chi connectivity index (χ4n) is 2.16. The lowest BCUT2D eigenvalue weighted by Gasteiger charge is -2.02. The van der Waals surface area contributed by atoms with Gasteiger partial charge in [-0.25, -0.2) is 4.39 Å². The fourth-order valence-corrected chi connectivity index (χ4v) is 2.16. The number of hydrogen-bond donors (Lipinski definition) is 2. The minimum atomic E-state index is -0.815. The molecule has 0 spiro atoms. The molecule has 0 aliphatic carbocycles. The van der Waals surface area contributed by atoms with E-state index in [0.717, 1.165) is 22.2 Å². The third kappa shape index (κ3) is 2.37. The number of carbonyl (C=O) groups is 1. The highest BCUT2D eigenvalue weighted by Crippen LogP contribution is 2.25. The van der Waals surface area contributed by atoms with Crippen molar-refractivity contribution in [1.29, 1.82) is 0 Å². The molecule has 1 aromatic carbocycles. The fraction of sp³-hybridized carbons (Fsp3) is 0.357. The van der Waals surface area contributed by atoms with Crippen LogP contribution in [-0.4, -0.2) is 16.1 Å². The van der Waals surface area contributed by atoms with Gasteiger partial charge in [0.05, 0.1) is 5.52 Å². The first kappa shape index (κ1) is 12.6. The first-order valence-corrected chi connectivity index (χ1v) is 5.98. The van der Waals surface area contributed by atoms with Crippen LogP contribution in [-0.2, 0) is 11.2 Å². The van der Waals surface area contributed by atoms with E-state index in [9.17, 15) is 9.18 Å². The summed E-state index contributed by atoms with van der Waals surface area (Å²) >= 11 is 0. The molecule has 0 aliphatic rings. The summed E-state index contributed by atoms with van der Waals surface area (Å²) < 4.78 is 13.9. The lowest BCUT2D eigenvalue weighted by Crippen LogP contribution is -1.96. The molecule has 2 N–H and O–H groups in total. The van der Waals surface area contributed by atoms with Crippen molar-refractivity contribution in [2.24, 2.45) is 0 Å². The van der Waals surface area contributed by atoms with Gasteiger partial charge in [-0.1, -0.05) is 0 Å². The second kappa shape index (κ2) is 4.80. The van der Waals surface area contributed by atoms with Crippen LogP contribution in [0.1, 0.15) is 29.7 Å². The van der Waals surface area contributed by atoms with Gasteiger partial charge in [0.1, 0.15) is 5.82 Å². The molecule has 0 atom stereocenters. The Balaban J connectivity index is 2.30. The van der Waals surface area contributed by atoms with Crippen LogP contribution < -0.4 is 0 Å². The summed E-state index contributed by atoms with van der Waals surface area (Å²) in [6.45, 7) is 3.87. The Kier molecular flexibility index (Phi) is 3.36. The average molecular weight is 249 g/mol. The normalized spacial score (nSPS) is 11.1. The van der Waals surface area contributed by atoms with E-state index >= 15 is 0 Å². The van der Waals surface area contributed by atoms with E-state index in [1.165, 1.54) is 6.07 Å². The quantitative estimate of drug-likeness (QED) is 0.873. The van der Waals surface area contributed by atoms with Crippen molar-refractivity contribution in [3.8, 4) is 0 Å². The minimum Gasteiger partial charge on any atom is -0.481 e. The van der Waals surface area contributed by atoms with E-state index in [4.69, 9.17) is 5.11 Å². The van der Waals surface area contributed by atoms with Crippen LogP contribution in [0.15, 0.2) is 12.1 Å². The molecule has 4 heteroatoms. The number of aromatic nitrogens is 1. The number of H-pyrrole nitrogens is 1.